The first-order valence-electron chi connectivity index (χ1n) is 7.68. The molecule has 0 bridgehead atoms. The predicted octanol–water partition coefficient (Wildman–Crippen LogP) is 4.28. The van der Waals surface area contributed by atoms with Crippen molar-refractivity contribution in [2.75, 3.05) is 19.6 Å². The van der Waals surface area contributed by atoms with Crippen molar-refractivity contribution in [2.24, 2.45) is 5.41 Å². The van der Waals surface area contributed by atoms with Crippen LogP contribution in [0.2, 0.25) is 5.02 Å². The van der Waals surface area contributed by atoms with Gasteiger partial charge in [-0.05, 0) is 55.5 Å². The van der Waals surface area contributed by atoms with E-state index < -0.39 is 6.10 Å². The average molecular weight is 296 g/mol. The number of hydrogen-bond acceptors (Lipinski definition) is 2. The van der Waals surface area contributed by atoms with Crippen molar-refractivity contribution in [3.63, 3.8) is 0 Å². The summed E-state index contributed by atoms with van der Waals surface area (Å²) in [6.07, 6.45) is 4.19. The predicted molar refractivity (Wildman–Crippen MR) is 85.1 cm³/mol. The molecule has 0 spiro atoms. The number of aliphatic hydroxyl groups excluding tert-OH is 1. The molecule has 1 saturated heterocycles. The van der Waals surface area contributed by atoms with Gasteiger partial charge in [-0.1, -0.05) is 44.0 Å². The van der Waals surface area contributed by atoms with E-state index in [1.165, 1.54) is 19.3 Å². The van der Waals surface area contributed by atoms with Crippen molar-refractivity contribution < 1.29 is 5.11 Å². The van der Waals surface area contributed by atoms with Crippen molar-refractivity contribution in [2.45, 2.75) is 45.6 Å². The highest BCUT2D eigenvalue weighted by molar-refractivity contribution is 6.30. The highest BCUT2D eigenvalue weighted by Gasteiger charge is 2.28. The number of benzene rings is 1. The minimum absolute atomic E-state index is 0.409. The van der Waals surface area contributed by atoms with Crippen molar-refractivity contribution in [3.05, 3.63) is 34.9 Å². The van der Waals surface area contributed by atoms with Crippen LogP contribution in [0.3, 0.4) is 0 Å². The van der Waals surface area contributed by atoms with Gasteiger partial charge in [-0.15, -0.1) is 0 Å². The number of piperidine rings is 1. The second-order valence-corrected chi connectivity index (χ2v) is 6.80. The third kappa shape index (κ3) is 4.21. The fraction of sp³-hybridized carbons (Fsp3) is 0.647. The Labute approximate surface area is 127 Å². The fourth-order valence-corrected chi connectivity index (χ4v) is 3.05. The average Bonchev–Trinajstić information content (AvgIpc) is 2.46. The van der Waals surface area contributed by atoms with E-state index >= 15 is 0 Å². The molecule has 1 aromatic carbocycles. The van der Waals surface area contributed by atoms with Gasteiger partial charge in [0.25, 0.3) is 0 Å². The van der Waals surface area contributed by atoms with E-state index in [0.717, 1.165) is 31.6 Å². The minimum atomic E-state index is -0.409. The molecule has 1 N–H and O–H groups in total. The van der Waals surface area contributed by atoms with E-state index in [4.69, 9.17) is 11.6 Å². The third-order valence-electron chi connectivity index (χ3n) is 4.87. The van der Waals surface area contributed by atoms with Gasteiger partial charge in [-0.2, -0.15) is 0 Å². The lowest BCUT2D eigenvalue weighted by Crippen LogP contribution is -2.39. The smallest absolute Gasteiger partial charge is 0.0802 e. The molecule has 1 unspecified atom stereocenters. The molecule has 3 heteroatoms. The number of nitrogens with zero attached hydrogens (tertiary/aromatic N) is 1. The Morgan fingerprint density at radius 1 is 1.35 bits per heavy atom. The maximum atomic E-state index is 10.2. The van der Waals surface area contributed by atoms with Crippen molar-refractivity contribution in [1.29, 1.82) is 0 Å². The zero-order chi connectivity index (χ0) is 14.6. The van der Waals surface area contributed by atoms with Crippen LogP contribution in [0.1, 0.15) is 51.2 Å². The number of rotatable bonds is 5. The van der Waals surface area contributed by atoms with E-state index in [0.29, 0.717) is 10.4 Å². The Balaban J connectivity index is 1.79. The molecule has 0 radical (unpaired) electrons. The van der Waals surface area contributed by atoms with Gasteiger partial charge >= 0.3 is 0 Å². The molecule has 1 atom stereocenters. The molecule has 1 fully saturated rings. The largest absolute Gasteiger partial charge is 0.388 e. The monoisotopic (exact) mass is 295 g/mol. The minimum Gasteiger partial charge on any atom is -0.388 e. The van der Waals surface area contributed by atoms with E-state index in [9.17, 15) is 5.11 Å². The molecule has 2 nitrogen and oxygen atoms in total. The van der Waals surface area contributed by atoms with Gasteiger partial charge in [0.05, 0.1) is 6.10 Å². The molecule has 1 aromatic rings. The normalized spacial score (nSPS) is 20.8. The van der Waals surface area contributed by atoms with E-state index in [2.05, 4.69) is 18.7 Å². The second kappa shape index (κ2) is 6.93. The van der Waals surface area contributed by atoms with E-state index in [1.807, 2.05) is 24.3 Å². The topological polar surface area (TPSA) is 23.5 Å². The van der Waals surface area contributed by atoms with Gasteiger partial charge in [-0.25, -0.2) is 0 Å². The first-order valence-corrected chi connectivity index (χ1v) is 8.06. The van der Waals surface area contributed by atoms with Crippen LogP contribution >= 0.6 is 11.6 Å². The molecule has 0 amide bonds. The highest BCUT2D eigenvalue weighted by Crippen LogP contribution is 2.34. The Morgan fingerprint density at radius 2 is 2.05 bits per heavy atom. The van der Waals surface area contributed by atoms with Gasteiger partial charge in [0.1, 0.15) is 0 Å². The molecular weight excluding hydrogens is 270 g/mol. The highest BCUT2D eigenvalue weighted by atomic mass is 35.5. The van der Waals surface area contributed by atoms with Gasteiger partial charge in [0.15, 0.2) is 0 Å². The number of halogens is 1. The Hall–Kier alpha value is -0.570. The molecule has 1 heterocycles. The van der Waals surface area contributed by atoms with Crippen LogP contribution in [0.25, 0.3) is 0 Å². The Morgan fingerprint density at radius 3 is 2.65 bits per heavy atom. The SMILES string of the molecule is CCC1(C)CCN(CCC(O)c2cccc(Cl)c2)CC1. The fourth-order valence-electron chi connectivity index (χ4n) is 2.86. The zero-order valence-corrected chi connectivity index (χ0v) is 13.4. The summed E-state index contributed by atoms with van der Waals surface area (Å²) in [5.74, 6) is 0. The summed E-state index contributed by atoms with van der Waals surface area (Å²) in [6, 6.07) is 7.54. The standard InChI is InChI=1S/C17H26ClNO/c1-3-17(2)8-11-19(12-9-17)10-7-16(20)14-5-4-6-15(18)13-14/h4-6,13,16,20H,3,7-12H2,1-2H3. The van der Waals surface area contributed by atoms with Crippen molar-refractivity contribution in [1.82, 2.24) is 4.90 Å². The summed E-state index contributed by atoms with van der Waals surface area (Å²) in [5, 5.41) is 10.9. The number of aliphatic hydroxyl groups is 1. The van der Waals surface area contributed by atoms with Crippen LogP contribution < -0.4 is 0 Å². The molecular formula is C17H26ClNO. The summed E-state index contributed by atoms with van der Waals surface area (Å²) < 4.78 is 0. The lowest BCUT2D eigenvalue weighted by Gasteiger charge is -2.39. The molecule has 0 saturated carbocycles. The van der Waals surface area contributed by atoms with E-state index in [-0.39, 0.29) is 0 Å². The van der Waals surface area contributed by atoms with Crippen molar-refractivity contribution in [3.8, 4) is 0 Å². The summed E-state index contributed by atoms with van der Waals surface area (Å²) in [6.45, 7) is 7.97. The van der Waals surface area contributed by atoms with Crippen molar-refractivity contribution >= 4 is 11.6 Å². The molecule has 0 aromatic heterocycles. The van der Waals surface area contributed by atoms with Crippen LogP contribution in [0.15, 0.2) is 24.3 Å². The van der Waals surface area contributed by atoms with Crippen LogP contribution in [0.5, 0.6) is 0 Å². The first-order chi connectivity index (χ1) is 9.52. The summed E-state index contributed by atoms with van der Waals surface area (Å²) >= 11 is 5.96. The van der Waals surface area contributed by atoms with Crippen LogP contribution in [0, 0.1) is 5.41 Å². The summed E-state index contributed by atoms with van der Waals surface area (Å²) in [7, 11) is 0. The van der Waals surface area contributed by atoms with Gasteiger partial charge in [-0.3, -0.25) is 0 Å². The van der Waals surface area contributed by atoms with Gasteiger partial charge in [0, 0.05) is 11.6 Å². The second-order valence-electron chi connectivity index (χ2n) is 6.37. The number of hydrogen-bond donors (Lipinski definition) is 1. The lowest BCUT2D eigenvalue weighted by atomic mass is 9.78. The summed E-state index contributed by atoms with van der Waals surface area (Å²) in [5.41, 5.74) is 1.45. The molecule has 0 aliphatic carbocycles. The van der Waals surface area contributed by atoms with Crippen LogP contribution in [-0.2, 0) is 0 Å². The third-order valence-corrected chi connectivity index (χ3v) is 5.10. The van der Waals surface area contributed by atoms with Gasteiger partial charge < -0.3 is 10.0 Å². The first kappa shape index (κ1) is 15.8. The lowest BCUT2D eigenvalue weighted by molar-refractivity contribution is 0.0910. The van der Waals surface area contributed by atoms with Crippen LogP contribution in [-0.4, -0.2) is 29.6 Å². The zero-order valence-electron chi connectivity index (χ0n) is 12.6. The molecule has 20 heavy (non-hydrogen) atoms. The van der Waals surface area contributed by atoms with E-state index in [1.54, 1.807) is 0 Å². The molecule has 2 rings (SSSR count). The molecule has 1 aliphatic heterocycles. The Bertz CT molecular complexity index is 427. The Kier molecular flexibility index (Phi) is 5.48. The molecule has 1 aliphatic rings. The maximum Gasteiger partial charge on any atom is 0.0802 e. The van der Waals surface area contributed by atoms with Crippen LogP contribution in [0.4, 0.5) is 0 Å². The number of likely N-dealkylation sites (tertiary alicyclic amines) is 1. The van der Waals surface area contributed by atoms with Gasteiger partial charge in [0.2, 0.25) is 0 Å². The quantitative estimate of drug-likeness (QED) is 0.876. The maximum absolute atomic E-state index is 10.2. The summed E-state index contributed by atoms with van der Waals surface area (Å²) in [4.78, 5) is 2.48. The molecule has 112 valence electrons.